The molecule has 0 unspecified atom stereocenters. The monoisotopic (exact) mass is 733 g/mol. The van der Waals surface area contributed by atoms with Gasteiger partial charge in [0.1, 0.15) is 8.07 Å². The zero-order valence-corrected chi connectivity index (χ0v) is 31.2. The number of anilines is 2. The van der Waals surface area contributed by atoms with Crippen LogP contribution in [0.15, 0.2) is 54.6 Å². The Morgan fingerprint density at radius 1 is 0.824 bits per heavy atom. The lowest BCUT2D eigenvalue weighted by Crippen LogP contribution is -2.64. The second-order valence-electron chi connectivity index (χ2n) is 14.6. The molecule has 272 valence electrons. The lowest BCUT2D eigenvalue weighted by molar-refractivity contribution is 0.0255. The maximum Gasteiger partial charge on any atom is 0.340 e. The van der Waals surface area contributed by atoms with Crippen LogP contribution in [0.3, 0.4) is 0 Å². The first kappa shape index (κ1) is 35.9. The van der Waals surface area contributed by atoms with Gasteiger partial charge >= 0.3 is 5.97 Å². The van der Waals surface area contributed by atoms with Crippen LogP contribution in [0.4, 0.5) is 11.4 Å². The van der Waals surface area contributed by atoms with Crippen molar-refractivity contribution in [1.29, 1.82) is 0 Å². The maximum atomic E-state index is 13.7. The molecule has 2 saturated heterocycles. The average Bonchev–Trinajstić information content (AvgIpc) is 3.40. The van der Waals surface area contributed by atoms with Gasteiger partial charge in [-0.2, -0.15) is 0 Å². The molecule has 3 aromatic carbocycles. The number of nitrogens with one attached hydrogen (secondary N) is 1. The predicted molar refractivity (Wildman–Crippen MR) is 201 cm³/mol. The first-order chi connectivity index (χ1) is 24.6. The molecule has 1 spiro atoms. The molecular weight excluding hydrogens is 686 g/mol. The number of nitrogens with zero attached hydrogens (tertiary/aromatic N) is 2. The lowest BCUT2D eigenvalue weighted by Gasteiger charge is -2.46. The molecule has 0 aromatic heterocycles. The third kappa shape index (κ3) is 6.80. The fraction of sp³-hybridized carbons (Fsp3) is 0.487. The van der Waals surface area contributed by atoms with Gasteiger partial charge in [-0.15, -0.1) is 11.6 Å². The summed E-state index contributed by atoms with van der Waals surface area (Å²) in [5, 5.41) is 25.4. The zero-order valence-electron chi connectivity index (χ0n) is 29.5. The molecule has 3 N–H and O–H groups in total. The second kappa shape index (κ2) is 14.9. The molecule has 7 rings (SSSR count). The van der Waals surface area contributed by atoms with Crippen molar-refractivity contribution in [3.63, 3.8) is 0 Å². The first-order valence-corrected chi connectivity index (χ1v) is 21.7. The lowest BCUT2D eigenvalue weighted by atomic mass is 9.78. The Kier molecular flexibility index (Phi) is 10.5. The van der Waals surface area contributed by atoms with E-state index in [1.165, 1.54) is 0 Å². The minimum atomic E-state index is -2.39. The van der Waals surface area contributed by atoms with E-state index >= 15 is 0 Å². The molecule has 2 fully saturated rings. The van der Waals surface area contributed by atoms with E-state index in [-0.39, 0.29) is 18.1 Å². The molecule has 0 saturated carbocycles. The Morgan fingerprint density at radius 2 is 1.41 bits per heavy atom. The van der Waals surface area contributed by atoms with Crippen molar-refractivity contribution in [2.24, 2.45) is 0 Å². The van der Waals surface area contributed by atoms with Crippen LogP contribution < -0.4 is 25.5 Å². The number of aliphatic hydroxyl groups is 2. The summed E-state index contributed by atoms with van der Waals surface area (Å²) in [6, 6.07) is 17.9. The summed E-state index contributed by atoms with van der Waals surface area (Å²) in [4.78, 5) is 31.5. The molecule has 51 heavy (non-hydrogen) atoms. The maximum absolute atomic E-state index is 13.7. The van der Waals surface area contributed by atoms with Crippen LogP contribution in [0.1, 0.15) is 63.1 Å². The number of β-amino-alcohol motifs (C(OH)–C–C–N with tert-alkyl or cyclic N) is 2. The van der Waals surface area contributed by atoms with Crippen LogP contribution in [-0.2, 0) is 19.8 Å². The number of ether oxygens (including phenoxy) is 3. The highest BCUT2D eigenvalue weighted by Gasteiger charge is 2.56. The molecule has 0 atom stereocenters. The molecule has 4 aliphatic heterocycles. The van der Waals surface area contributed by atoms with Gasteiger partial charge in [-0.05, 0) is 65.7 Å². The molecule has 12 heteroatoms. The highest BCUT2D eigenvalue weighted by molar-refractivity contribution is 7.01. The standard InChI is InChI=1S/C39H48ClN3O7Si/c1-51(2)35-20-27(42-22-29(44)23-42)8-11-32(35)39(33-12-9-28(21-36(33)51)43-24-30(45)25-43)34-19-26(7-10-31(34)38(47)50-39)37(46)41-14-16-49-18-17-48-15-6-4-3-5-13-40/h7-12,19-21,29-30,44-45H,3-6,13-18,22-25H2,1-2H3,(H,41,46). The number of hydrogen-bond donors (Lipinski definition) is 3. The number of rotatable bonds is 15. The molecule has 10 nitrogen and oxygen atoms in total. The second-order valence-corrected chi connectivity index (χ2v) is 19.3. The summed E-state index contributed by atoms with van der Waals surface area (Å²) >= 11 is 5.72. The van der Waals surface area contributed by atoms with Crippen LogP contribution in [0.25, 0.3) is 0 Å². The Labute approximate surface area is 305 Å². The van der Waals surface area contributed by atoms with E-state index in [4.69, 9.17) is 25.8 Å². The summed E-state index contributed by atoms with van der Waals surface area (Å²) < 4.78 is 17.9. The van der Waals surface area contributed by atoms with Crippen LogP contribution >= 0.6 is 11.6 Å². The van der Waals surface area contributed by atoms with Crippen molar-refractivity contribution in [2.45, 2.75) is 56.6 Å². The number of esters is 1. The number of carbonyl (C=O) groups is 2. The van der Waals surface area contributed by atoms with Gasteiger partial charge in [-0.1, -0.05) is 38.1 Å². The molecule has 4 aliphatic rings. The minimum absolute atomic E-state index is 0.256. The molecular formula is C39H48ClN3O7Si. The van der Waals surface area contributed by atoms with Crippen LogP contribution in [-0.4, -0.2) is 107 Å². The van der Waals surface area contributed by atoms with Crippen molar-refractivity contribution in [1.82, 2.24) is 5.32 Å². The van der Waals surface area contributed by atoms with Gasteiger partial charge in [0.25, 0.3) is 5.91 Å². The summed E-state index contributed by atoms with van der Waals surface area (Å²) in [6.45, 7) is 9.32. The van der Waals surface area contributed by atoms with Crippen LogP contribution in [0.2, 0.25) is 13.1 Å². The minimum Gasteiger partial charge on any atom is -0.441 e. The van der Waals surface area contributed by atoms with E-state index in [1.807, 2.05) is 6.07 Å². The molecule has 1 amide bonds. The topological polar surface area (TPSA) is 121 Å². The van der Waals surface area contributed by atoms with Gasteiger partial charge < -0.3 is 39.5 Å². The number of aliphatic hydroxyl groups excluding tert-OH is 2. The molecule has 3 aromatic rings. The number of hydrogen-bond acceptors (Lipinski definition) is 9. The fourth-order valence-electron chi connectivity index (χ4n) is 7.85. The zero-order chi connectivity index (χ0) is 35.8. The van der Waals surface area contributed by atoms with Crippen molar-refractivity contribution in [3.8, 4) is 0 Å². The summed E-state index contributed by atoms with van der Waals surface area (Å²) in [7, 11) is -2.39. The number of alkyl halides is 1. The van der Waals surface area contributed by atoms with Gasteiger partial charge in [0.2, 0.25) is 0 Å². The Balaban J connectivity index is 1.13. The van der Waals surface area contributed by atoms with Crippen molar-refractivity contribution < 1.29 is 34.0 Å². The number of unbranched alkanes of at least 4 members (excludes halogenated alkanes) is 3. The summed E-state index contributed by atoms with van der Waals surface area (Å²) in [5.74, 6) is 0.0233. The van der Waals surface area contributed by atoms with Gasteiger partial charge in [-0.25, -0.2) is 4.79 Å². The van der Waals surface area contributed by atoms with Gasteiger partial charge in [0.15, 0.2) is 5.60 Å². The van der Waals surface area contributed by atoms with Crippen molar-refractivity contribution >= 4 is 53.3 Å². The summed E-state index contributed by atoms with van der Waals surface area (Å²) in [6.07, 6.45) is 3.60. The number of carbonyl (C=O) groups excluding carboxylic acids is 2. The van der Waals surface area contributed by atoms with Gasteiger partial charge in [0, 0.05) is 78.8 Å². The third-order valence-electron chi connectivity index (χ3n) is 10.8. The van der Waals surface area contributed by atoms with E-state index in [9.17, 15) is 19.8 Å². The largest absolute Gasteiger partial charge is 0.441 e. The van der Waals surface area contributed by atoms with Crippen molar-refractivity contribution in [3.05, 3.63) is 82.4 Å². The molecule has 0 radical (unpaired) electrons. The van der Waals surface area contributed by atoms with E-state index in [0.717, 1.165) is 58.6 Å². The highest BCUT2D eigenvalue weighted by Crippen LogP contribution is 2.50. The average molecular weight is 734 g/mol. The van der Waals surface area contributed by atoms with E-state index in [0.29, 0.717) is 81.7 Å². The number of halogens is 1. The Hall–Kier alpha value is -3.45. The smallest absolute Gasteiger partial charge is 0.340 e. The number of benzene rings is 3. The summed E-state index contributed by atoms with van der Waals surface area (Å²) in [5.41, 5.74) is 4.20. The third-order valence-corrected chi connectivity index (χ3v) is 14.6. The Morgan fingerprint density at radius 3 is 2.00 bits per heavy atom. The van der Waals surface area contributed by atoms with Gasteiger partial charge in [0.05, 0.1) is 37.6 Å². The normalized spacial score (nSPS) is 18.5. The van der Waals surface area contributed by atoms with Crippen molar-refractivity contribution in [2.75, 3.05) is 74.8 Å². The predicted octanol–water partition coefficient (Wildman–Crippen LogP) is 3.21. The fourth-order valence-corrected chi connectivity index (χ4v) is 11.2. The quantitative estimate of drug-likeness (QED) is 0.0937. The highest BCUT2D eigenvalue weighted by atomic mass is 35.5. The molecule has 0 bridgehead atoms. The molecule has 0 aliphatic carbocycles. The van der Waals surface area contributed by atoms with E-state index in [2.05, 4.69) is 64.6 Å². The SMILES string of the molecule is C[Si]1(C)c2cc(N3CC(O)C3)ccc2C2(OC(=O)c3ccc(C(=O)NCCOCCOCCCCCCCl)cc32)c2ccc(N3CC(O)C3)cc21. The van der Waals surface area contributed by atoms with Crippen LogP contribution in [0.5, 0.6) is 0 Å². The van der Waals surface area contributed by atoms with Crippen LogP contribution in [0, 0.1) is 0 Å². The van der Waals surface area contributed by atoms with Gasteiger partial charge in [-0.3, -0.25) is 4.79 Å². The molecule has 4 heterocycles. The van der Waals surface area contributed by atoms with E-state index in [1.54, 1.807) is 12.1 Å². The number of fused-ring (bicyclic) bond motifs is 6. The first-order valence-electron chi connectivity index (χ1n) is 18.2. The number of amides is 1. The Bertz CT molecular complexity index is 1700. The van der Waals surface area contributed by atoms with E-state index < -0.39 is 19.6 Å².